The molecule has 0 aliphatic heterocycles. The Morgan fingerprint density at radius 3 is 2.24 bits per heavy atom. The smallest absolute Gasteiger partial charge is 0.135 e. The highest BCUT2D eigenvalue weighted by molar-refractivity contribution is 6.32. The molecule has 1 rings (SSSR count). The number of rotatable bonds is 6. The van der Waals surface area contributed by atoms with Gasteiger partial charge in [0.2, 0.25) is 0 Å². The summed E-state index contributed by atoms with van der Waals surface area (Å²) in [5, 5.41) is 0.782. The highest BCUT2D eigenvalue weighted by Gasteiger charge is 2.15. The van der Waals surface area contributed by atoms with Crippen LogP contribution in [-0.4, -0.2) is 21.3 Å². The molecule has 0 unspecified atom stereocenters. The van der Waals surface area contributed by atoms with Crippen molar-refractivity contribution in [1.29, 1.82) is 0 Å². The SMILES string of the molecule is CC(C)CC(CC(C)C)Oc1cccnc1[Si]. The fourth-order valence-corrected chi connectivity index (χ4v) is 2.13. The van der Waals surface area contributed by atoms with E-state index >= 15 is 0 Å². The van der Waals surface area contributed by atoms with Crippen LogP contribution in [0.4, 0.5) is 0 Å². The maximum absolute atomic E-state index is 6.06. The average Bonchev–Trinajstić information content (AvgIpc) is 2.19. The van der Waals surface area contributed by atoms with E-state index in [1.54, 1.807) is 6.20 Å². The van der Waals surface area contributed by atoms with Gasteiger partial charge in [0.1, 0.15) is 16.0 Å². The first-order valence-electron chi connectivity index (χ1n) is 6.32. The van der Waals surface area contributed by atoms with Crippen molar-refractivity contribution in [3.8, 4) is 5.75 Å². The highest BCUT2D eigenvalue weighted by atomic mass is 28.1. The lowest BCUT2D eigenvalue weighted by Gasteiger charge is -2.23. The zero-order valence-electron chi connectivity index (χ0n) is 11.2. The number of aromatic nitrogens is 1. The van der Waals surface area contributed by atoms with Crippen LogP contribution in [0.3, 0.4) is 0 Å². The maximum atomic E-state index is 6.06. The Morgan fingerprint density at radius 1 is 1.18 bits per heavy atom. The lowest BCUT2D eigenvalue weighted by atomic mass is 9.98. The molecule has 0 fully saturated rings. The predicted octanol–water partition coefficient (Wildman–Crippen LogP) is 2.72. The molecule has 0 bridgehead atoms. The lowest BCUT2D eigenvalue weighted by Crippen LogP contribution is -2.24. The molecule has 0 amide bonds. The van der Waals surface area contributed by atoms with Crippen molar-refractivity contribution >= 4 is 15.6 Å². The van der Waals surface area contributed by atoms with Gasteiger partial charge in [-0.1, -0.05) is 27.7 Å². The van der Waals surface area contributed by atoms with Gasteiger partial charge in [0.05, 0.1) is 11.4 Å². The van der Waals surface area contributed by atoms with Gasteiger partial charge >= 0.3 is 0 Å². The van der Waals surface area contributed by atoms with Crippen LogP contribution < -0.4 is 10.1 Å². The van der Waals surface area contributed by atoms with E-state index < -0.39 is 0 Å². The minimum Gasteiger partial charge on any atom is -0.489 e. The molecule has 0 aromatic carbocycles. The van der Waals surface area contributed by atoms with Crippen molar-refractivity contribution in [3.05, 3.63) is 18.3 Å². The maximum Gasteiger partial charge on any atom is 0.135 e. The summed E-state index contributed by atoms with van der Waals surface area (Å²) in [5.74, 6) is 2.14. The predicted molar refractivity (Wildman–Crippen MR) is 73.0 cm³/mol. The molecule has 0 saturated heterocycles. The largest absolute Gasteiger partial charge is 0.489 e. The Bertz CT molecular complexity index is 329. The summed E-state index contributed by atoms with van der Waals surface area (Å²) in [6, 6.07) is 3.86. The van der Waals surface area contributed by atoms with Crippen molar-refractivity contribution in [2.24, 2.45) is 11.8 Å². The molecular weight excluding hydrogens is 226 g/mol. The molecule has 0 N–H and O–H groups in total. The third-order valence-electron chi connectivity index (χ3n) is 2.53. The Balaban J connectivity index is 2.68. The van der Waals surface area contributed by atoms with E-state index in [0.29, 0.717) is 11.8 Å². The number of nitrogens with zero attached hydrogens (tertiary/aromatic N) is 1. The molecule has 1 heterocycles. The number of hydrogen-bond acceptors (Lipinski definition) is 2. The topological polar surface area (TPSA) is 22.1 Å². The summed E-state index contributed by atoms with van der Waals surface area (Å²) in [6.07, 6.45) is 4.20. The zero-order valence-corrected chi connectivity index (χ0v) is 12.2. The Morgan fingerprint density at radius 2 is 1.76 bits per heavy atom. The van der Waals surface area contributed by atoms with Gasteiger partial charge in [-0.15, -0.1) is 0 Å². The van der Waals surface area contributed by atoms with Gasteiger partial charge < -0.3 is 4.74 Å². The minimum absolute atomic E-state index is 0.272. The summed E-state index contributed by atoms with van der Waals surface area (Å²) >= 11 is 0. The Labute approximate surface area is 108 Å². The Kier molecular flexibility index (Phi) is 5.69. The molecule has 0 aliphatic carbocycles. The van der Waals surface area contributed by atoms with Crippen molar-refractivity contribution in [3.63, 3.8) is 0 Å². The number of hydrogen-bond donors (Lipinski definition) is 0. The highest BCUT2D eigenvalue weighted by Crippen LogP contribution is 2.18. The molecule has 3 radical (unpaired) electrons. The molecular formula is C14H22NOSi. The third kappa shape index (κ3) is 5.35. The van der Waals surface area contributed by atoms with Gasteiger partial charge in [-0.25, -0.2) is 0 Å². The van der Waals surface area contributed by atoms with Crippen LogP contribution in [0.25, 0.3) is 0 Å². The average molecular weight is 248 g/mol. The van der Waals surface area contributed by atoms with Crippen LogP contribution >= 0.6 is 0 Å². The first-order chi connectivity index (χ1) is 7.99. The molecule has 93 valence electrons. The first kappa shape index (κ1) is 14.2. The van der Waals surface area contributed by atoms with Crippen LogP contribution in [0.2, 0.25) is 0 Å². The van der Waals surface area contributed by atoms with Gasteiger partial charge in [0, 0.05) is 6.20 Å². The van der Waals surface area contributed by atoms with Crippen molar-refractivity contribution in [2.75, 3.05) is 0 Å². The quantitative estimate of drug-likeness (QED) is 0.722. The van der Waals surface area contributed by atoms with Gasteiger partial charge in [0.25, 0.3) is 0 Å². The van der Waals surface area contributed by atoms with Crippen LogP contribution in [0.15, 0.2) is 18.3 Å². The molecule has 3 heteroatoms. The van der Waals surface area contributed by atoms with Crippen LogP contribution in [0, 0.1) is 11.8 Å². The van der Waals surface area contributed by atoms with E-state index in [2.05, 4.69) is 42.9 Å². The monoisotopic (exact) mass is 248 g/mol. The van der Waals surface area contributed by atoms with E-state index in [1.807, 2.05) is 12.1 Å². The summed E-state index contributed by atoms with van der Waals surface area (Å²) in [4.78, 5) is 4.18. The van der Waals surface area contributed by atoms with E-state index in [0.717, 1.165) is 23.9 Å². The summed E-state index contributed by atoms with van der Waals surface area (Å²) in [5.41, 5.74) is 0. The van der Waals surface area contributed by atoms with Crippen molar-refractivity contribution in [2.45, 2.75) is 46.6 Å². The number of ether oxygens (including phenoxy) is 1. The summed E-state index contributed by atoms with van der Waals surface area (Å²) in [6.45, 7) is 8.92. The standard InChI is InChI=1S/C14H22NOSi/c1-10(2)8-12(9-11(3)4)16-13-6-5-7-15-14(13)17/h5-7,10-12H,8-9H2,1-4H3. The summed E-state index contributed by atoms with van der Waals surface area (Å²) < 4.78 is 6.06. The van der Waals surface area contributed by atoms with E-state index in [1.165, 1.54) is 0 Å². The van der Waals surface area contributed by atoms with Gasteiger partial charge in [-0.2, -0.15) is 0 Å². The molecule has 0 spiro atoms. The van der Waals surface area contributed by atoms with E-state index in [4.69, 9.17) is 4.74 Å². The van der Waals surface area contributed by atoms with E-state index in [-0.39, 0.29) is 6.10 Å². The first-order valence-corrected chi connectivity index (χ1v) is 6.82. The lowest BCUT2D eigenvalue weighted by molar-refractivity contribution is 0.150. The van der Waals surface area contributed by atoms with E-state index in [9.17, 15) is 0 Å². The fraction of sp³-hybridized carbons (Fsp3) is 0.643. The van der Waals surface area contributed by atoms with Crippen molar-refractivity contribution in [1.82, 2.24) is 4.98 Å². The molecule has 17 heavy (non-hydrogen) atoms. The van der Waals surface area contributed by atoms with Crippen LogP contribution in [-0.2, 0) is 0 Å². The second-order valence-electron chi connectivity index (χ2n) is 5.35. The second-order valence-corrected chi connectivity index (χ2v) is 5.82. The van der Waals surface area contributed by atoms with Gasteiger partial charge in [-0.3, -0.25) is 4.98 Å². The zero-order chi connectivity index (χ0) is 12.8. The Hall–Kier alpha value is -0.833. The molecule has 1 aromatic heterocycles. The molecule has 1 aromatic rings. The molecule has 0 saturated carbocycles. The molecule has 0 aliphatic rings. The third-order valence-corrected chi connectivity index (χ3v) is 2.91. The van der Waals surface area contributed by atoms with Gasteiger partial charge in [0.15, 0.2) is 0 Å². The minimum atomic E-state index is 0.272. The molecule has 0 atom stereocenters. The van der Waals surface area contributed by atoms with Crippen LogP contribution in [0.5, 0.6) is 5.75 Å². The summed E-state index contributed by atoms with van der Waals surface area (Å²) in [7, 11) is 3.47. The number of pyridine rings is 1. The molecule has 2 nitrogen and oxygen atoms in total. The fourth-order valence-electron chi connectivity index (χ4n) is 1.91. The second kappa shape index (κ2) is 6.79. The van der Waals surface area contributed by atoms with Gasteiger partial charge in [-0.05, 0) is 36.8 Å². The van der Waals surface area contributed by atoms with Crippen LogP contribution in [0.1, 0.15) is 40.5 Å². The van der Waals surface area contributed by atoms with Crippen molar-refractivity contribution < 1.29 is 4.74 Å². The normalized spacial score (nSPS) is 11.5.